The second-order valence-corrected chi connectivity index (χ2v) is 8.07. The Hall–Kier alpha value is -2.57. The zero-order valence-corrected chi connectivity index (χ0v) is 17.2. The predicted molar refractivity (Wildman–Crippen MR) is 106 cm³/mol. The van der Waals surface area contributed by atoms with E-state index in [1.807, 2.05) is 6.92 Å². The van der Waals surface area contributed by atoms with Gasteiger partial charge in [-0.1, -0.05) is 6.42 Å². The van der Waals surface area contributed by atoms with Crippen molar-refractivity contribution in [2.45, 2.75) is 45.6 Å². The van der Waals surface area contributed by atoms with Crippen LogP contribution in [0.25, 0.3) is 0 Å². The smallest absolute Gasteiger partial charge is 0.344 e. The molecule has 0 unspecified atom stereocenters. The van der Waals surface area contributed by atoms with Gasteiger partial charge < -0.3 is 19.5 Å². The molecule has 0 heterocycles. The number of fused-ring (bicyclic) bond motifs is 2. The molecule has 0 radical (unpaired) electrons. The number of benzene rings is 1. The third kappa shape index (κ3) is 5.28. The molecule has 1 aromatic rings. The summed E-state index contributed by atoms with van der Waals surface area (Å²) in [4.78, 5) is 35.5. The number of carbonyl (C=O) groups is 3. The van der Waals surface area contributed by atoms with Crippen molar-refractivity contribution in [1.82, 2.24) is 5.32 Å². The lowest BCUT2D eigenvalue weighted by atomic mass is 9.84. The molecule has 2 saturated carbocycles. The van der Waals surface area contributed by atoms with Crippen LogP contribution in [-0.2, 0) is 14.3 Å². The van der Waals surface area contributed by atoms with Crippen molar-refractivity contribution < 1.29 is 28.6 Å². The molecular formula is C22H29NO6. The molecule has 2 bridgehead atoms. The van der Waals surface area contributed by atoms with Gasteiger partial charge in [0.1, 0.15) is 0 Å². The van der Waals surface area contributed by atoms with Gasteiger partial charge in [0.2, 0.25) is 0 Å². The van der Waals surface area contributed by atoms with Crippen LogP contribution in [0.1, 0.15) is 49.9 Å². The van der Waals surface area contributed by atoms with Crippen LogP contribution >= 0.6 is 0 Å². The lowest BCUT2D eigenvalue weighted by molar-refractivity contribution is -0.150. The van der Waals surface area contributed by atoms with Crippen molar-refractivity contribution in [3.05, 3.63) is 23.8 Å². The summed E-state index contributed by atoms with van der Waals surface area (Å²) < 4.78 is 15.6. The number of ether oxygens (including phenoxy) is 3. The van der Waals surface area contributed by atoms with Crippen LogP contribution in [0.4, 0.5) is 0 Å². The molecule has 0 aromatic heterocycles. The van der Waals surface area contributed by atoms with Gasteiger partial charge in [0, 0.05) is 11.6 Å². The lowest BCUT2D eigenvalue weighted by Crippen LogP contribution is -2.42. The third-order valence-electron chi connectivity index (χ3n) is 6.10. The highest BCUT2D eigenvalue weighted by Crippen LogP contribution is 2.49. The van der Waals surface area contributed by atoms with Gasteiger partial charge in [0.25, 0.3) is 5.91 Å². The summed E-state index contributed by atoms with van der Waals surface area (Å²) in [6.07, 6.45) is 5.05. The number of carbonyl (C=O) groups excluding carboxylic acids is 3. The number of hydrogen-bond donors (Lipinski definition) is 1. The van der Waals surface area contributed by atoms with E-state index in [4.69, 9.17) is 14.2 Å². The summed E-state index contributed by atoms with van der Waals surface area (Å²) in [7, 11) is 1.45. The normalized spacial score (nSPS) is 23.3. The minimum atomic E-state index is -0.648. The van der Waals surface area contributed by atoms with Crippen LogP contribution in [0, 0.1) is 17.8 Å². The van der Waals surface area contributed by atoms with Crippen LogP contribution in [-0.4, -0.2) is 44.0 Å². The fourth-order valence-corrected chi connectivity index (χ4v) is 4.64. The van der Waals surface area contributed by atoms with Crippen molar-refractivity contribution in [2.24, 2.45) is 17.8 Å². The number of nitrogens with one attached hydrogen (secondary N) is 1. The Morgan fingerprint density at radius 2 is 1.93 bits per heavy atom. The number of rotatable bonds is 9. The first-order valence-electron chi connectivity index (χ1n) is 10.1. The topological polar surface area (TPSA) is 90.9 Å². The molecule has 4 atom stereocenters. The number of Topliss-reactive ketones (excluding diaryl/α,β-unsaturated/α-hetero) is 1. The van der Waals surface area contributed by atoms with Gasteiger partial charge >= 0.3 is 5.97 Å². The second-order valence-electron chi connectivity index (χ2n) is 8.07. The largest absolute Gasteiger partial charge is 0.493 e. The zero-order chi connectivity index (χ0) is 21.0. The van der Waals surface area contributed by atoms with E-state index in [1.54, 1.807) is 18.2 Å². The SMILES string of the molecule is COc1cc(C(C)=O)ccc1OCC(=O)OCC(=O)N[C@@H](C)[C@@H]1C[C@@H]2CC[C@@H]1C2. The van der Waals surface area contributed by atoms with Crippen LogP contribution < -0.4 is 14.8 Å². The standard InChI is InChI=1S/C22H29NO6/c1-13(18-9-15-4-5-17(18)8-15)23-21(25)11-29-22(26)12-28-19-7-6-16(14(2)24)10-20(19)27-3/h6-7,10,13,15,17-18H,4-5,8-9,11-12H2,1-3H3,(H,23,25)/t13-,15+,17+,18-/m0/s1. The Morgan fingerprint density at radius 1 is 1.14 bits per heavy atom. The fourth-order valence-electron chi connectivity index (χ4n) is 4.64. The zero-order valence-electron chi connectivity index (χ0n) is 17.2. The van der Waals surface area contributed by atoms with Crippen molar-refractivity contribution in [2.75, 3.05) is 20.3 Å². The van der Waals surface area contributed by atoms with Crippen LogP contribution in [0.2, 0.25) is 0 Å². The predicted octanol–water partition coefficient (Wildman–Crippen LogP) is 2.76. The molecule has 1 aromatic carbocycles. The van der Waals surface area contributed by atoms with Crippen molar-refractivity contribution in [1.29, 1.82) is 0 Å². The molecule has 158 valence electrons. The summed E-state index contributed by atoms with van der Waals surface area (Å²) in [6.45, 7) is 2.81. The summed E-state index contributed by atoms with van der Waals surface area (Å²) >= 11 is 0. The van der Waals surface area contributed by atoms with Crippen LogP contribution in [0.15, 0.2) is 18.2 Å². The number of amides is 1. The van der Waals surface area contributed by atoms with E-state index in [9.17, 15) is 14.4 Å². The number of esters is 1. The van der Waals surface area contributed by atoms with E-state index >= 15 is 0 Å². The molecule has 0 saturated heterocycles. The van der Waals surface area contributed by atoms with E-state index in [0.717, 1.165) is 11.8 Å². The molecule has 1 N–H and O–H groups in total. The monoisotopic (exact) mass is 403 g/mol. The van der Waals surface area contributed by atoms with Crippen molar-refractivity contribution in [3.63, 3.8) is 0 Å². The lowest BCUT2D eigenvalue weighted by Gasteiger charge is -2.28. The average Bonchev–Trinajstić information content (AvgIpc) is 3.34. The highest BCUT2D eigenvalue weighted by molar-refractivity contribution is 5.94. The summed E-state index contributed by atoms with van der Waals surface area (Å²) in [5, 5.41) is 2.96. The molecule has 2 aliphatic rings. The molecule has 1 amide bonds. The highest BCUT2D eigenvalue weighted by atomic mass is 16.6. The highest BCUT2D eigenvalue weighted by Gasteiger charge is 2.42. The first-order chi connectivity index (χ1) is 13.9. The second kappa shape index (κ2) is 9.29. The van der Waals surface area contributed by atoms with Gasteiger partial charge in [-0.05, 0) is 69.1 Å². The van der Waals surface area contributed by atoms with E-state index < -0.39 is 5.97 Å². The Balaban J connectivity index is 1.40. The molecule has 3 rings (SSSR count). The maximum Gasteiger partial charge on any atom is 0.344 e. The van der Waals surface area contributed by atoms with E-state index in [1.165, 1.54) is 39.7 Å². The van der Waals surface area contributed by atoms with Crippen molar-refractivity contribution >= 4 is 17.7 Å². The Bertz CT molecular complexity index is 777. The average molecular weight is 403 g/mol. The van der Waals surface area contributed by atoms with Gasteiger partial charge in [-0.3, -0.25) is 9.59 Å². The molecule has 0 aliphatic heterocycles. The molecule has 7 heteroatoms. The third-order valence-corrected chi connectivity index (χ3v) is 6.10. The van der Waals surface area contributed by atoms with Gasteiger partial charge in [0.05, 0.1) is 7.11 Å². The summed E-state index contributed by atoms with van der Waals surface area (Å²) in [5.74, 6) is 1.70. The maximum absolute atomic E-state index is 12.1. The Kier molecular flexibility index (Phi) is 6.77. The fraction of sp³-hybridized carbons (Fsp3) is 0.591. The van der Waals surface area contributed by atoms with Gasteiger partial charge in [-0.2, -0.15) is 0 Å². The molecular weight excluding hydrogens is 374 g/mol. The van der Waals surface area contributed by atoms with Crippen LogP contribution in [0.3, 0.4) is 0 Å². The van der Waals surface area contributed by atoms with E-state index in [-0.39, 0.29) is 30.9 Å². The number of hydrogen-bond acceptors (Lipinski definition) is 6. The first kappa shape index (κ1) is 21.1. The van der Waals surface area contributed by atoms with E-state index in [0.29, 0.717) is 23.0 Å². The Morgan fingerprint density at radius 3 is 2.55 bits per heavy atom. The number of ketones is 1. The molecule has 29 heavy (non-hydrogen) atoms. The molecule has 7 nitrogen and oxygen atoms in total. The van der Waals surface area contributed by atoms with Crippen LogP contribution in [0.5, 0.6) is 11.5 Å². The summed E-state index contributed by atoms with van der Waals surface area (Å²) in [6, 6.07) is 4.80. The van der Waals surface area contributed by atoms with E-state index in [2.05, 4.69) is 5.32 Å². The first-order valence-corrected chi connectivity index (χ1v) is 10.1. The molecule has 0 spiro atoms. The number of methoxy groups -OCH3 is 1. The minimum absolute atomic E-state index is 0.0943. The quantitative estimate of drug-likeness (QED) is 0.504. The Labute approximate surface area is 171 Å². The van der Waals surface area contributed by atoms with Gasteiger partial charge in [0.15, 0.2) is 30.5 Å². The van der Waals surface area contributed by atoms with Gasteiger partial charge in [-0.15, -0.1) is 0 Å². The minimum Gasteiger partial charge on any atom is -0.493 e. The van der Waals surface area contributed by atoms with Crippen molar-refractivity contribution in [3.8, 4) is 11.5 Å². The molecule has 2 aliphatic carbocycles. The summed E-state index contributed by atoms with van der Waals surface area (Å²) in [5.41, 5.74) is 0.484. The van der Waals surface area contributed by atoms with Gasteiger partial charge in [-0.25, -0.2) is 4.79 Å². The maximum atomic E-state index is 12.1. The molecule has 2 fully saturated rings.